The molecule has 1 atom stereocenters. The second-order valence-corrected chi connectivity index (χ2v) is 5.07. The van der Waals surface area contributed by atoms with Crippen LogP contribution in [0.4, 0.5) is 0 Å². The summed E-state index contributed by atoms with van der Waals surface area (Å²) < 4.78 is 0. The number of nitrogens with one attached hydrogen (secondary N) is 1. The molecular weight excluding hydrogens is 208 g/mol. The van der Waals surface area contributed by atoms with E-state index in [1.807, 2.05) is 0 Å². The zero-order valence-corrected chi connectivity index (χ0v) is 11.4. The minimum atomic E-state index is 0.451. The fourth-order valence-electron chi connectivity index (χ4n) is 2.05. The van der Waals surface area contributed by atoms with Gasteiger partial charge in [0.2, 0.25) is 0 Å². The van der Waals surface area contributed by atoms with Crippen LogP contribution in [0.3, 0.4) is 0 Å². The standard InChI is InChI=1S/C15H26N2/c1-12(2)15(11-16)17-10-6-9-14-8-5-4-7-13(14)3/h4-5,7-8,12,15,17H,6,9-11,16H2,1-3H3. The Morgan fingerprint density at radius 3 is 2.53 bits per heavy atom. The summed E-state index contributed by atoms with van der Waals surface area (Å²) in [6, 6.07) is 9.07. The second kappa shape index (κ2) is 7.46. The molecule has 0 fully saturated rings. The van der Waals surface area contributed by atoms with E-state index in [-0.39, 0.29) is 0 Å². The topological polar surface area (TPSA) is 38.0 Å². The Morgan fingerprint density at radius 1 is 1.24 bits per heavy atom. The van der Waals surface area contributed by atoms with Gasteiger partial charge in [-0.2, -0.15) is 0 Å². The lowest BCUT2D eigenvalue weighted by Crippen LogP contribution is -2.40. The summed E-state index contributed by atoms with van der Waals surface area (Å²) in [7, 11) is 0. The Hall–Kier alpha value is -0.860. The molecule has 0 saturated carbocycles. The van der Waals surface area contributed by atoms with Crippen LogP contribution in [0.2, 0.25) is 0 Å². The Kier molecular flexibility index (Phi) is 6.23. The van der Waals surface area contributed by atoms with Crippen LogP contribution in [-0.4, -0.2) is 19.1 Å². The Bertz CT molecular complexity index is 320. The minimum absolute atomic E-state index is 0.451. The van der Waals surface area contributed by atoms with Crippen molar-refractivity contribution in [3.63, 3.8) is 0 Å². The molecule has 0 bridgehead atoms. The predicted molar refractivity (Wildman–Crippen MR) is 75.2 cm³/mol. The van der Waals surface area contributed by atoms with Crippen molar-refractivity contribution in [3.05, 3.63) is 35.4 Å². The SMILES string of the molecule is Cc1ccccc1CCCNC(CN)C(C)C. The molecule has 96 valence electrons. The van der Waals surface area contributed by atoms with Gasteiger partial charge >= 0.3 is 0 Å². The summed E-state index contributed by atoms with van der Waals surface area (Å²) in [6.45, 7) is 8.38. The molecule has 0 radical (unpaired) electrons. The van der Waals surface area contributed by atoms with Gasteiger partial charge in [0.05, 0.1) is 0 Å². The fraction of sp³-hybridized carbons (Fsp3) is 0.600. The summed E-state index contributed by atoms with van der Waals surface area (Å²) >= 11 is 0. The third-order valence-electron chi connectivity index (χ3n) is 3.35. The van der Waals surface area contributed by atoms with E-state index in [1.165, 1.54) is 17.5 Å². The van der Waals surface area contributed by atoms with Crippen molar-refractivity contribution in [2.45, 2.75) is 39.7 Å². The molecule has 0 aromatic heterocycles. The van der Waals surface area contributed by atoms with Gasteiger partial charge in [-0.25, -0.2) is 0 Å². The molecule has 2 nitrogen and oxygen atoms in total. The number of aryl methyl sites for hydroxylation is 2. The number of hydrogen-bond donors (Lipinski definition) is 2. The van der Waals surface area contributed by atoms with E-state index < -0.39 is 0 Å². The van der Waals surface area contributed by atoms with Gasteiger partial charge in [-0.05, 0) is 43.4 Å². The zero-order chi connectivity index (χ0) is 12.7. The van der Waals surface area contributed by atoms with Crippen LogP contribution in [0, 0.1) is 12.8 Å². The molecule has 0 heterocycles. The molecule has 0 amide bonds. The van der Waals surface area contributed by atoms with Crippen LogP contribution in [0.15, 0.2) is 24.3 Å². The highest BCUT2D eigenvalue weighted by atomic mass is 14.9. The molecule has 0 aliphatic heterocycles. The number of benzene rings is 1. The number of nitrogens with two attached hydrogens (primary N) is 1. The van der Waals surface area contributed by atoms with Crippen molar-refractivity contribution in [3.8, 4) is 0 Å². The summed E-state index contributed by atoms with van der Waals surface area (Å²) in [6.07, 6.45) is 2.32. The maximum absolute atomic E-state index is 5.73. The van der Waals surface area contributed by atoms with E-state index in [0.717, 1.165) is 19.5 Å². The van der Waals surface area contributed by atoms with Crippen molar-refractivity contribution < 1.29 is 0 Å². The number of rotatable bonds is 7. The normalized spacial score (nSPS) is 13.0. The highest BCUT2D eigenvalue weighted by molar-refractivity contribution is 5.25. The zero-order valence-electron chi connectivity index (χ0n) is 11.4. The maximum atomic E-state index is 5.73. The molecule has 0 aliphatic rings. The first-order chi connectivity index (χ1) is 8.15. The summed E-state index contributed by atoms with van der Waals surface area (Å²) in [4.78, 5) is 0. The minimum Gasteiger partial charge on any atom is -0.329 e. The summed E-state index contributed by atoms with van der Waals surface area (Å²) in [5.74, 6) is 0.610. The van der Waals surface area contributed by atoms with Crippen LogP contribution in [0.25, 0.3) is 0 Å². The van der Waals surface area contributed by atoms with E-state index in [0.29, 0.717) is 12.0 Å². The highest BCUT2D eigenvalue weighted by Gasteiger charge is 2.09. The molecule has 0 saturated heterocycles. The van der Waals surface area contributed by atoms with Gasteiger partial charge in [0.25, 0.3) is 0 Å². The first-order valence-electron chi connectivity index (χ1n) is 6.63. The summed E-state index contributed by atoms with van der Waals surface area (Å²) in [5, 5.41) is 3.53. The van der Waals surface area contributed by atoms with Crippen molar-refractivity contribution in [2.24, 2.45) is 11.7 Å². The monoisotopic (exact) mass is 234 g/mol. The fourth-order valence-corrected chi connectivity index (χ4v) is 2.05. The molecule has 0 aliphatic carbocycles. The molecule has 17 heavy (non-hydrogen) atoms. The van der Waals surface area contributed by atoms with Gasteiger partial charge in [0.15, 0.2) is 0 Å². The molecule has 1 aromatic carbocycles. The highest BCUT2D eigenvalue weighted by Crippen LogP contribution is 2.09. The van der Waals surface area contributed by atoms with E-state index >= 15 is 0 Å². The summed E-state index contributed by atoms with van der Waals surface area (Å²) in [5.41, 5.74) is 8.59. The van der Waals surface area contributed by atoms with E-state index in [9.17, 15) is 0 Å². The Balaban J connectivity index is 2.27. The lowest BCUT2D eigenvalue weighted by Gasteiger charge is -2.20. The van der Waals surface area contributed by atoms with Crippen molar-refractivity contribution in [1.82, 2.24) is 5.32 Å². The third-order valence-corrected chi connectivity index (χ3v) is 3.35. The maximum Gasteiger partial charge on any atom is 0.0213 e. The van der Waals surface area contributed by atoms with Gasteiger partial charge in [-0.1, -0.05) is 38.1 Å². The lowest BCUT2D eigenvalue weighted by molar-refractivity contribution is 0.404. The lowest BCUT2D eigenvalue weighted by atomic mass is 10.0. The Morgan fingerprint density at radius 2 is 1.94 bits per heavy atom. The smallest absolute Gasteiger partial charge is 0.0213 e. The molecule has 2 heteroatoms. The third kappa shape index (κ3) is 4.88. The number of hydrogen-bond acceptors (Lipinski definition) is 2. The van der Waals surface area contributed by atoms with Crippen LogP contribution >= 0.6 is 0 Å². The Labute approximate surface area is 106 Å². The quantitative estimate of drug-likeness (QED) is 0.711. The van der Waals surface area contributed by atoms with Crippen molar-refractivity contribution >= 4 is 0 Å². The molecule has 3 N–H and O–H groups in total. The van der Waals surface area contributed by atoms with Crippen LogP contribution in [0.5, 0.6) is 0 Å². The first-order valence-corrected chi connectivity index (χ1v) is 6.63. The van der Waals surface area contributed by atoms with Gasteiger partial charge in [-0.3, -0.25) is 0 Å². The molecule has 0 spiro atoms. The van der Waals surface area contributed by atoms with Crippen LogP contribution in [-0.2, 0) is 6.42 Å². The van der Waals surface area contributed by atoms with Crippen LogP contribution in [0.1, 0.15) is 31.4 Å². The van der Waals surface area contributed by atoms with Gasteiger partial charge in [-0.15, -0.1) is 0 Å². The van der Waals surface area contributed by atoms with Gasteiger partial charge < -0.3 is 11.1 Å². The second-order valence-electron chi connectivity index (χ2n) is 5.07. The van der Waals surface area contributed by atoms with Crippen LogP contribution < -0.4 is 11.1 Å². The van der Waals surface area contributed by atoms with Crippen molar-refractivity contribution in [2.75, 3.05) is 13.1 Å². The van der Waals surface area contributed by atoms with E-state index in [4.69, 9.17) is 5.73 Å². The predicted octanol–water partition coefficient (Wildman–Crippen LogP) is 2.50. The van der Waals surface area contributed by atoms with Gasteiger partial charge in [0.1, 0.15) is 0 Å². The average molecular weight is 234 g/mol. The molecule has 1 aromatic rings. The van der Waals surface area contributed by atoms with Crippen molar-refractivity contribution in [1.29, 1.82) is 0 Å². The largest absolute Gasteiger partial charge is 0.329 e. The average Bonchev–Trinajstić information content (AvgIpc) is 2.31. The van der Waals surface area contributed by atoms with E-state index in [1.54, 1.807) is 0 Å². The first kappa shape index (κ1) is 14.2. The molecule has 1 unspecified atom stereocenters. The molecular formula is C15H26N2. The molecule has 1 rings (SSSR count). The van der Waals surface area contributed by atoms with Gasteiger partial charge in [0, 0.05) is 12.6 Å². The van der Waals surface area contributed by atoms with E-state index in [2.05, 4.69) is 50.4 Å².